The summed E-state index contributed by atoms with van der Waals surface area (Å²) in [5.41, 5.74) is 1.45. The van der Waals surface area contributed by atoms with E-state index in [2.05, 4.69) is 4.98 Å². The van der Waals surface area contributed by atoms with Crippen LogP contribution in [0.2, 0.25) is 0 Å². The molecule has 216 valence electrons. The number of thiazole rings is 1. The maximum atomic E-state index is 14.5. The molecule has 0 bridgehead atoms. The molecule has 0 spiro atoms. The molecule has 0 N–H and O–H groups in total. The van der Waals surface area contributed by atoms with Crippen molar-refractivity contribution in [3.63, 3.8) is 0 Å². The molecule has 0 aliphatic rings. The van der Waals surface area contributed by atoms with Crippen molar-refractivity contribution in [3.8, 4) is 0 Å². The lowest BCUT2D eigenvalue weighted by Gasteiger charge is -2.24. The van der Waals surface area contributed by atoms with Crippen LogP contribution in [0.5, 0.6) is 0 Å². The van der Waals surface area contributed by atoms with Gasteiger partial charge in [-0.15, -0.1) is 11.3 Å². The summed E-state index contributed by atoms with van der Waals surface area (Å²) in [5.74, 6) is -0.592. The van der Waals surface area contributed by atoms with E-state index in [-0.39, 0.29) is 25.5 Å². The first-order valence-electron chi connectivity index (χ1n) is 13.1. The van der Waals surface area contributed by atoms with Crippen molar-refractivity contribution in [2.24, 2.45) is 0 Å². The number of carbonyl (C=O) groups excluding carboxylic acids is 1. The highest BCUT2D eigenvalue weighted by Crippen LogP contribution is 2.30. The van der Waals surface area contributed by atoms with E-state index in [0.717, 1.165) is 17.7 Å². The highest BCUT2D eigenvalue weighted by molar-refractivity contribution is 7.09. The second-order valence-electron chi connectivity index (χ2n) is 10.1. The zero-order valence-corrected chi connectivity index (χ0v) is 23.8. The first-order valence-corrected chi connectivity index (χ1v) is 14.0. The molecule has 0 saturated carbocycles. The Labute approximate surface area is 241 Å². The van der Waals surface area contributed by atoms with E-state index in [1.165, 1.54) is 23.5 Å². The number of hydrogen-bond acceptors (Lipinski definition) is 5. The molecule has 1 aromatic heterocycles. The fourth-order valence-electron chi connectivity index (χ4n) is 4.35. The van der Waals surface area contributed by atoms with Crippen LogP contribution in [0, 0.1) is 5.82 Å². The SMILES string of the molecule is CN(C)CCN(Cc1ccccc1)C(=O)c1csc(CN(Cc2cccc(C(F)(F)F)c2)Cc2ccccc2F)n1. The quantitative estimate of drug-likeness (QED) is 0.174. The van der Waals surface area contributed by atoms with E-state index in [0.29, 0.717) is 41.5 Å². The van der Waals surface area contributed by atoms with Gasteiger partial charge in [0, 0.05) is 43.7 Å². The minimum absolute atomic E-state index is 0.143. The molecule has 0 saturated heterocycles. The van der Waals surface area contributed by atoms with Crippen LogP contribution < -0.4 is 0 Å². The number of amides is 1. The van der Waals surface area contributed by atoms with Crippen LogP contribution in [0.25, 0.3) is 0 Å². The van der Waals surface area contributed by atoms with Gasteiger partial charge in [0.25, 0.3) is 5.91 Å². The van der Waals surface area contributed by atoms with E-state index < -0.39 is 17.6 Å². The first kappa shape index (κ1) is 30.4. The summed E-state index contributed by atoms with van der Waals surface area (Å²) in [6.07, 6.45) is -4.46. The number of nitrogens with zero attached hydrogens (tertiary/aromatic N) is 4. The predicted octanol–water partition coefficient (Wildman–Crippen LogP) is 6.71. The molecule has 4 aromatic rings. The summed E-state index contributed by atoms with van der Waals surface area (Å²) in [5, 5.41) is 2.32. The number of alkyl halides is 3. The molecule has 0 fully saturated rings. The molecular formula is C31H32F4N4OS. The lowest BCUT2D eigenvalue weighted by atomic mass is 10.1. The molecular weight excluding hydrogens is 552 g/mol. The second kappa shape index (κ2) is 13.8. The third-order valence-corrected chi connectivity index (χ3v) is 7.30. The van der Waals surface area contributed by atoms with Crippen molar-refractivity contribution in [1.82, 2.24) is 19.7 Å². The standard InChI is InChI=1S/C31H32F4N4OS/c1-37(2)15-16-39(19-23-9-4-3-5-10-23)30(40)28-22-41-29(36-28)21-38(20-25-12-6-7-14-27(25)32)18-24-11-8-13-26(17-24)31(33,34)35/h3-14,17,22H,15-16,18-21H2,1-2H3. The molecule has 1 amide bonds. The maximum absolute atomic E-state index is 14.5. The number of aromatic nitrogens is 1. The van der Waals surface area contributed by atoms with E-state index in [1.807, 2.05) is 54.2 Å². The van der Waals surface area contributed by atoms with Gasteiger partial charge in [-0.2, -0.15) is 13.2 Å². The molecule has 0 aliphatic heterocycles. The largest absolute Gasteiger partial charge is 0.416 e. The predicted molar refractivity (Wildman–Crippen MR) is 153 cm³/mol. The average molecular weight is 585 g/mol. The number of carbonyl (C=O) groups is 1. The van der Waals surface area contributed by atoms with Gasteiger partial charge in [-0.3, -0.25) is 9.69 Å². The van der Waals surface area contributed by atoms with Gasteiger partial charge in [0.2, 0.25) is 0 Å². The number of rotatable bonds is 12. The van der Waals surface area contributed by atoms with E-state index in [9.17, 15) is 22.4 Å². The minimum Gasteiger partial charge on any atom is -0.332 e. The fourth-order valence-corrected chi connectivity index (χ4v) is 5.16. The van der Waals surface area contributed by atoms with E-state index in [1.54, 1.807) is 34.5 Å². The molecule has 4 rings (SSSR count). The van der Waals surface area contributed by atoms with Gasteiger partial charge in [0.05, 0.1) is 12.1 Å². The van der Waals surface area contributed by atoms with Gasteiger partial charge >= 0.3 is 6.18 Å². The normalized spacial score (nSPS) is 11.8. The summed E-state index contributed by atoms with van der Waals surface area (Å²) in [7, 11) is 3.89. The minimum atomic E-state index is -4.46. The van der Waals surface area contributed by atoms with Crippen LogP contribution in [0.3, 0.4) is 0 Å². The fraction of sp³-hybridized carbons (Fsp3) is 0.290. The smallest absolute Gasteiger partial charge is 0.332 e. The lowest BCUT2D eigenvalue weighted by molar-refractivity contribution is -0.137. The Balaban J connectivity index is 1.54. The van der Waals surface area contributed by atoms with Gasteiger partial charge in [0.15, 0.2) is 0 Å². The van der Waals surface area contributed by atoms with Crippen molar-refractivity contribution in [1.29, 1.82) is 0 Å². The monoisotopic (exact) mass is 584 g/mol. The molecule has 0 unspecified atom stereocenters. The Hall–Kier alpha value is -3.60. The van der Waals surface area contributed by atoms with Gasteiger partial charge < -0.3 is 9.80 Å². The van der Waals surface area contributed by atoms with Gasteiger partial charge in [-0.05, 0) is 37.4 Å². The second-order valence-corrected chi connectivity index (χ2v) is 11.0. The van der Waals surface area contributed by atoms with Crippen LogP contribution in [0.15, 0.2) is 84.2 Å². The molecule has 0 radical (unpaired) electrons. The Morgan fingerprint density at radius 1 is 0.829 bits per heavy atom. The van der Waals surface area contributed by atoms with Crippen LogP contribution in [-0.2, 0) is 32.4 Å². The number of hydrogen-bond donors (Lipinski definition) is 0. The Morgan fingerprint density at radius 2 is 1.54 bits per heavy atom. The van der Waals surface area contributed by atoms with Gasteiger partial charge in [-0.25, -0.2) is 9.37 Å². The molecule has 0 aliphatic carbocycles. The molecule has 41 heavy (non-hydrogen) atoms. The molecule has 0 atom stereocenters. The summed E-state index contributed by atoms with van der Waals surface area (Å²) < 4.78 is 54.5. The first-order chi connectivity index (χ1) is 19.6. The lowest BCUT2D eigenvalue weighted by Crippen LogP contribution is -2.36. The van der Waals surface area contributed by atoms with Gasteiger partial charge in [0.1, 0.15) is 16.5 Å². The molecule has 1 heterocycles. The van der Waals surface area contributed by atoms with E-state index >= 15 is 0 Å². The zero-order valence-electron chi connectivity index (χ0n) is 22.9. The summed E-state index contributed by atoms with van der Waals surface area (Å²) in [6.45, 7) is 2.18. The van der Waals surface area contributed by atoms with Gasteiger partial charge in [-0.1, -0.05) is 66.7 Å². The highest BCUT2D eigenvalue weighted by atomic mass is 32.1. The third kappa shape index (κ3) is 8.94. The van der Waals surface area contributed by atoms with Crippen LogP contribution >= 0.6 is 11.3 Å². The molecule has 3 aromatic carbocycles. The van der Waals surface area contributed by atoms with E-state index in [4.69, 9.17) is 0 Å². The highest BCUT2D eigenvalue weighted by Gasteiger charge is 2.30. The summed E-state index contributed by atoms with van der Waals surface area (Å²) in [4.78, 5) is 23.7. The van der Waals surface area contributed by atoms with Crippen molar-refractivity contribution < 1.29 is 22.4 Å². The van der Waals surface area contributed by atoms with Crippen molar-refractivity contribution >= 4 is 17.2 Å². The number of benzene rings is 3. The molecule has 5 nitrogen and oxygen atoms in total. The molecule has 10 heteroatoms. The maximum Gasteiger partial charge on any atom is 0.416 e. The number of halogens is 4. The Bertz CT molecular complexity index is 1420. The third-order valence-electron chi connectivity index (χ3n) is 6.46. The summed E-state index contributed by atoms with van der Waals surface area (Å²) >= 11 is 1.30. The average Bonchev–Trinajstić information content (AvgIpc) is 3.40. The van der Waals surface area contributed by atoms with Crippen molar-refractivity contribution in [2.75, 3.05) is 27.2 Å². The topological polar surface area (TPSA) is 39.7 Å². The number of likely N-dealkylation sites (N-methyl/N-ethyl adjacent to an activating group) is 1. The van der Waals surface area contributed by atoms with Crippen LogP contribution in [-0.4, -0.2) is 52.8 Å². The van der Waals surface area contributed by atoms with Crippen molar-refractivity contribution in [3.05, 3.63) is 123 Å². The summed E-state index contributed by atoms with van der Waals surface area (Å²) in [6, 6.07) is 21.2. The Kier molecular flexibility index (Phi) is 10.3. The van der Waals surface area contributed by atoms with Crippen LogP contribution in [0.1, 0.15) is 37.7 Å². The van der Waals surface area contributed by atoms with Crippen molar-refractivity contribution in [2.45, 2.75) is 32.4 Å². The Morgan fingerprint density at radius 3 is 2.24 bits per heavy atom. The zero-order chi connectivity index (χ0) is 29.4. The van der Waals surface area contributed by atoms with Crippen LogP contribution in [0.4, 0.5) is 17.6 Å².